The van der Waals surface area contributed by atoms with Crippen molar-refractivity contribution in [2.45, 2.75) is 46.1 Å². The van der Waals surface area contributed by atoms with Gasteiger partial charge in [0.05, 0.1) is 6.04 Å². The Bertz CT molecular complexity index is 163. The molecule has 0 aromatic carbocycles. The summed E-state index contributed by atoms with van der Waals surface area (Å²) < 4.78 is 1.15. The Hall–Kier alpha value is 0.360. The fourth-order valence-corrected chi connectivity index (χ4v) is 1.69. The maximum Gasteiger partial charge on any atom is 0.154 e. The number of unbranched alkanes of at least 4 members (excludes halogenated alkanes) is 1. The van der Waals surface area contributed by atoms with E-state index in [2.05, 4.69) is 22.6 Å². The number of nitrogens with two attached hydrogens (primary N) is 1. The van der Waals surface area contributed by atoms with Gasteiger partial charge in [0.15, 0.2) is 5.78 Å². The fraction of sp³-hybridized carbons (Fsp3) is 0.900. The monoisotopic (exact) mass is 297 g/mol. The molecule has 0 saturated heterocycles. The van der Waals surface area contributed by atoms with E-state index in [4.69, 9.17) is 5.73 Å². The second-order valence-corrected chi connectivity index (χ2v) is 5.48. The summed E-state index contributed by atoms with van der Waals surface area (Å²) in [5, 5.41) is 0. The molecule has 0 aromatic heterocycles. The first-order chi connectivity index (χ1) is 5.89. The van der Waals surface area contributed by atoms with Gasteiger partial charge in [-0.1, -0.05) is 49.8 Å². The van der Waals surface area contributed by atoms with Gasteiger partial charge in [-0.25, -0.2) is 0 Å². The van der Waals surface area contributed by atoms with Gasteiger partial charge in [0.1, 0.15) is 0 Å². The van der Waals surface area contributed by atoms with E-state index in [9.17, 15) is 4.79 Å². The minimum absolute atomic E-state index is 0.181. The van der Waals surface area contributed by atoms with Crippen molar-refractivity contribution in [1.29, 1.82) is 0 Å². The molecular weight excluding hydrogens is 277 g/mol. The van der Waals surface area contributed by atoms with Gasteiger partial charge >= 0.3 is 0 Å². The molecule has 0 heterocycles. The van der Waals surface area contributed by atoms with Gasteiger partial charge in [0.2, 0.25) is 0 Å². The topological polar surface area (TPSA) is 43.1 Å². The second kappa shape index (κ2) is 5.96. The largest absolute Gasteiger partial charge is 0.321 e. The lowest BCUT2D eigenvalue weighted by molar-refractivity contribution is -0.127. The predicted octanol–water partition coefficient (Wildman–Crippen LogP) is 2.53. The number of alkyl halides is 1. The van der Waals surface area contributed by atoms with E-state index in [1.807, 2.05) is 20.8 Å². The molecule has 1 unspecified atom stereocenters. The zero-order chi connectivity index (χ0) is 10.5. The van der Waals surface area contributed by atoms with E-state index >= 15 is 0 Å². The Balaban J connectivity index is 3.84. The molecule has 0 rings (SSSR count). The lowest BCUT2D eigenvalue weighted by Crippen LogP contribution is -2.38. The van der Waals surface area contributed by atoms with Crippen molar-refractivity contribution in [3.8, 4) is 0 Å². The number of rotatable bonds is 5. The second-order valence-electron chi connectivity index (χ2n) is 4.41. The number of Topliss-reactive ketones (excluding diaryl/α,β-unsaturated/α-hetero) is 1. The van der Waals surface area contributed by atoms with Crippen molar-refractivity contribution in [1.82, 2.24) is 0 Å². The third-order valence-corrected chi connectivity index (χ3v) is 2.74. The summed E-state index contributed by atoms with van der Waals surface area (Å²) in [5.74, 6) is 0.181. The molecule has 0 radical (unpaired) electrons. The number of halogens is 1. The molecule has 0 fully saturated rings. The summed E-state index contributed by atoms with van der Waals surface area (Å²) >= 11 is 2.34. The lowest BCUT2D eigenvalue weighted by atomic mass is 9.85. The SMILES string of the molecule is CC(C)(C)C(=O)C(N)CCCCI. The standard InChI is InChI=1S/C10H20INO/c1-10(2,3)9(13)8(12)6-4-5-7-11/h8H,4-7,12H2,1-3H3. The first kappa shape index (κ1) is 13.4. The van der Waals surface area contributed by atoms with Crippen LogP contribution in [0.5, 0.6) is 0 Å². The lowest BCUT2D eigenvalue weighted by Gasteiger charge is -2.21. The van der Waals surface area contributed by atoms with Gasteiger partial charge in [0.25, 0.3) is 0 Å². The van der Waals surface area contributed by atoms with Crippen molar-refractivity contribution >= 4 is 28.4 Å². The minimum atomic E-state index is -0.288. The first-order valence-corrected chi connectivity index (χ1v) is 6.28. The van der Waals surface area contributed by atoms with Crippen molar-refractivity contribution in [3.05, 3.63) is 0 Å². The zero-order valence-corrected chi connectivity index (χ0v) is 10.9. The van der Waals surface area contributed by atoms with E-state index in [-0.39, 0.29) is 17.2 Å². The van der Waals surface area contributed by atoms with Crippen molar-refractivity contribution in [3.63, 3.8) is 0 Å². The number of carbonyl (C=O) groups is 1. The molecule has 0 spiro atoms. The van der Waals surface area contributed by atoms with Crippen molar-refractivity contribution < 1.29 is 4.79 Å². The van der Waals surface area contributed by atoms with Crippen LogP contribution in [0.3, 0.4) is 0 Å². The molecule has 3 heteroatoms. The van der Waals surface area contributed by atoms with Crippen LogP contribution in [-0.4, -0.2) is 16.3 Å². The normalized spacial score (nSPS) is 14.2. The fourth-order valence-electron chi connectivity index (χ4n) is 1.15. The van der Waals surface area contributed by atoms with E-state index in [1.54, 1.807) is 0 Å². The molecule has 1 atom stereocenters. The molecule has 0 bridgehead atoms. The Kier molecular flexibility index (Phi) is 6.12. The molecule has 0 aliphatic heterocycles. The maximum atomic E-state index is 11.6. The third-order valence-electron chi connectivity index (χ3n) is 1.97. The average Bonchev–Trinajstić information content (AvgIpc) is 2.01. The highest BCUT2D eigenvalue weighted by atomic mass is 127. The van der Waals surface area contributed by atoms with E-state index < -0.39 is 0 Å². The average molecular weight is 297 g/mol. The smallest absolute Gasteiger partial charge is 0.154 e. The van der Waals surface area contributed by atoms with Crippen LogP contribution in [0, 0.1) is 5.41 Å². The van der Waals surface area contributed by atoms with Gasteiger partial charge in [-0.3, -0.25) is 4.79 Å². The molecule has 0 aliphatic carbocycles. The summed E-state index contributed by atoms with van der Waals surface area (Å²) in [5.41, 5.74) is 5.50. The Labute approximate surface area is 94.8 Å². The summed E-state index contributed by atoms with van der Waals surface area (Å²) in [6.07, 6.45) is 3.05. The summed E-state index contributed by atoms with van der Waals surface area (Å²) in [6.45, 7) is 5.77. The third kappa shape index (κ3) is 5.62. The van der Waals surface area contributed by atoms with Gasteiger partial charge < -0.3 is 5.73 Å². The van der Waals surface area contributed by atoms with Crippen molar-refractivity contribution in [2.24, 2.45) is 11.1 Å². The van der Waals surface area contributed by atoms with E-state index in [0.717, 1.165) is 23.7 Å². The molecule has 78 valence electrons. The number of hydrogen-bond donors (Lipinski definition) is 1. The highest BCUT2D eigenvalue weighted by molar-refractivity contribution is 14.1. The van der Waals surface area contributed by atoms with Gasteiger partial charge in [-0.2, -0.15) is 0 Å². The van der Waals surface area contributed by atoms with Crippen LogP contribution in [0.1, 0.15) is 40.0 Å². The molecule has 2 nitrogen and oxygen atoms in total. The van der Waals surface area contributed by atoms with Crippen LogP contribution in [-0.2, 0) is 4.79 Å². The summed E-state index contributed by atoms with van der Waals surface area (Å²) in [7, 11) is 0. The highest BCUT2D eigenvalue weighted by Crippen LogP contribution is 2.18. The van der Waals surface area contributed by atoms with Gasteiger partial charge in [0, 0.05) is 5.41 Å². The maximum absolute atomic E-state index is 11.6. The number of ketones is 1. The predicted molar refractivity (Wildman–Crippen MR) is 65.2 cm³/mol. The molecule has 13 heavy (non-hydrogen) atoms. The van der Waals surface area contributed by atoms with Gasteiger partial charge in [-0.15, -0.1) is 0 Å². The van der Waals surface area contributed by atoms with Crippen molar-refractivity contribution in [2.75, 3.05) is 4.43 Å². The van der Waals surface area contributed by atoms with Crippen LogP contribution in [0.2, 0.25) is 0 Å². The molecule has 0 aromatic rings. The summed E-state index contributed by atoms with van der Waals surface area (Å²) in [6, 6.07) is -0.261. The zero-order valence-electron chi connectivity index (χ0n) is 8.77. The van der Waals surface area contributed by atoms with Crippen LogP contribution < -0.4 is 5.73 Å². The Morgan fingerprint density at radius 2 is 1.92 bits per heavy atom. The number of hydrogen-bond acceptors (Lipinski definition) is 2. The molecular formula is C10H20INO. The molecule has 0 amide bonds. The summed E-state index contributed by atoms with van der Waals surface area (Å²) in [4.78, 5) is 11.6. The first-order valence-electron chi connectivity index (χ1n) is 4.75. The van der Waals surface area contributed by atoms with Crippen LogP contribution >= 0.6 is 22.6 Å². The van der Waals surface area contributed by atoms with Gasteiger partial charge in [-0.05, 0) is 17.3 Å². The quantitative estimate of drug-likeness (QED) is 0.481. The number of carbonyl (C=O) groups excluding carboxylic acids is 1. The Morgan fingerprint density at radius 3 is 2.31 bits per heavy atom. The van der Waals surface area contributed by atoms with Crippen LogP contribution in [0.15, 0.2) is 0 Å². The minimum Gasteiger partial charge on any atom is -0.321 e. The van der Waals surface area contributed by atoms with E-state index in [0.29, 0.717) is 0 Å². The van der Waals surface area contributed by atoms with Crippen LogP contribution in [0.25, 0.3) is 0 Å². The van der Waals surface area contributed by atoms with E-state index in [1.165, 1.54) is 0 Å². The highest BCUT2D eigenvalue weighted by Gasteiger charge is 2.26. The molecule has 2 N–H and O–H groups in total. The molecule has 0 aliphatic rings. The Morgan fingerprint density at radius 1 is 1.38 bits per heavy atom. The van der Waals surface area contributed by atoms with Crippen LogP contribution in [0.4, 0.5) is 0 Å². The molecule has 0 saturated carbocycles.